The molecule has 3 rings (SSSR count). The maximum absolute atomic E-state index is 12.5. The summed E-state index contributed by atoms with van der Waals surface area (Å²) >= 11 is 0. The topological polar surface area (TPSA) is 79.9 Å². The lowest BCUT2D eigenvalue weighted by Crippen LogP contribution is -2.30. The zero-order valence-corrected chi connectivity index (χ0v) is 13.8. The van der Waals surface area contributed by atoms with Crippen LogP contribution in [-0.4, -0.2) is 24.0 Å². The van der Waals surface area contributed by atoms with Crippen molar-refractivity contribution in [2.75, 3.05) is 11.9 Å². The SMILES string of the molecule is NC(=NCC1(O)CCc2ccccc21)Nc1ccccc1OC(F)(F)F. The number of para-hydroxylation sites is 2. The van der Waals surface area contributed by atoms with Crippen LogP contribution in [0.2, 0.25) is 0 Å². The lowest BCUT2D eigenvalue weighted by Gasteiger charge is -2.22. The van der Waals surface area contributed by atoms with Crippen molar-refractivity contribution in [2.24, 2.45) is 10.7 Å². The van der Waals surface area contributed by atoms with Crippen LogP contribution in [0.5, 0.6) is 5.75 Å². The number of rotatable bonds is 4. The first-order valence-corrected chi connectivity index (χ1v) is 7.99. The second-order valence-electron chi connectivity index (χ2n) is 6.06. The molecular formula is C18H18F3N3O2. The van der Waals surface area contributed by atoms with Crippen molar-refractivity contribution in [1.82, 2.24) is 0 Å². The highest BCUT2D eigenvalue weighted by atomic mass is 19.4. The van der Waals surface area contributed by atoms with Crippen LogP contribution in [-0.2, 0) is 12.0 Å². The van der Waals surface area contributed by atoms with Crippen LogP contribution < -0.4 is 15.8 Å². The number of aliphatic hydroxyl groups is 1. The maximum Gasteiger partial charge on any atom is 0.573 e. The van der Waals surface area contributed by atoms with E-state index in [0.717, 1.165) is 17.5 Å². The zero-order chi connectivity index (χ0) is 18.8. The fraction of sp³-hybridized carbons (Fsp3) is 0.278. The Balaban J connectivity index is 1.73. The molecule has 5 nitrogen and oxygen atoms in total. The fourth-order valence-corrected chi connectivity index (χ4v) is 3.01. The van der Waals surface area contributed by atoms with E-state index < -0.39 is 17.7 Å². The fourth-order valence-electron chi connectivity index (χ4n) is 3.01. The average molecular weight is 365 g/mol. The van der Waals surface area contributed by atoms with E-state index in [-0.39, 0.29) is 18.2 Å². The summed E-state index contributed by atoms with van der Waals surface area (Å²) in [5.41, 5.74) is 6.54. The van der Waals surface area contributed by atoms with Gasteiger partial charge in [-0.1, -0.05) is 36.4 Å². The van der Waals surface area contributed by atoms with Crippen molar-refractivity contribution in [3.8, 4) is 5.75 Å². The van der Waals surface area contributed by atoms with Gasteiger partial charge in [0.15, 0.2) is 11.7 Å². The van der Waals surface area contributed by atoms with Crippen molar-refractivity contribution in [1.29, 1.82) is 0 Å². The van der Waals surface area contributed by atoms with E-state index in [0.29, 0.717) is 6.42 Å². The molecule has 2 aromatic carbocycles. The molecule has 1 aliphatic carbocycles. The van der Waals surface area contributed by atoms with Gasteiger partial charge in [-0.25, -0.2) is 4.99 Å². The molecule has 0 saturated carbocycles. The molecule has 2 aromatic rings. The molecule has 0 spiro atoms. The van der Waals surface area contributed by atoms with E-state index in [9.17, 15) is 18.3 Å². The highest BCUT2D eigenvalue weighted by Gasteiger charge is 2.36. The Morgan fingerprint density at radius 2 is 1.88 bits per heavy atom. The highest BCUT2D eigenvalue weighted by molar-refractivity contribution is 5.93. The largest absolute Gasteiger partial charge is 0.573 e. The molecule has 0 amide bonds. The van der Waals surface area contributed by atoms with Crippen molar-refractivity contribution < 1.29 is 23.0 Å². The van der Waals surface area contributed by atoms with E-state index >= 15 is 0 Å². The molecule has 26 heavy (non-hydrogen) atoms. The predicted octanol–water partition coefficient (Wildman–Crippen LogP) is 3.15. The van der Waals surface area contributed by atoms with Crippen LogP contribution in [0.1, 0.15) is 17.5 Å². The van der Waals surface area contributed by atoms with Gasteiger partial charge >= 0.3 is 6.36 Å². The lowest BCUT2D eigenvalue weighted by molar-refractivity contribution is -0.274. The average Bonchev–Trinajstić information content (AvgIpc) is 2.92. The normalized spacial score (nSPS) is 19.9. The van der Waals surface area contributed by atoms with Crippen molar-refractivity contribution in [3.05, 3.63) is 59.7 Å². The molecule has 1 unspecified atom stereocenters. The second kappa shape index (κ2) is 6.87. The number of nitrogens with zero attached hydrogens (tertiary/aromatic N) is 1. The Hall–Kier alpha value is -2.74. The van der Waals surface area contributed by atoms with Gasteiger partial charge in [0.1, 0.15) is 5.60 Å². The van der Waals surface area contributed by atoms with Gasteiger partial charge in [0, 0.05) is 0 Å². The molecule has 8 heteroatoms. The number of aliphatic imine (C=N–C) groups is 1. The molecule has 0 heterocycles. The van der Waals surface area contributed by atoms with Gasteiger partial charge in [0.05, 0.1) is 12.2 Å². The molecule has 0 fully saturated rings. The molecule has 0 radical (unpaired) electrons. The van der Waals surface area contributed by atoms with Gasteiger partial charge in [-0.2, -0.15) is 0 Å². The summed E-state index contributed by atoms with van der Waals surface area (Å²) in [6, 6.07) is 13.0. The quantitative estimate of drug-likeness (QED) is 0.574. The molecule has 1 atom stereocenters. The number of aryl methyl sites for hydroxylation is 1. The summed E-state index contributed by atoms with van der Waals surface area (Å²) in [7, 11) is 0. The van der Waals surface area contributed by atoms with Crippen LogP contribution >= 0.6 is 0 Å². The van der Waals surface area contributed by atoms with Crippen LogP contribution in [0.25, 0.3) is 0 Å². The Morgan fingerprint density at radius 1 is 1.19 bits per heavy atom. The van der Waals surface area contributed by atoms with E-state index in [1.807, 2.05) is 24.3 Å². The molecule has 0 aliphatic heterocycles. The van der Waals surface area contributed by atoms with Crippen LogP contribution in [0.3, 0.4) is 0 Å². The minimum Gasteiger partial charge on any atom is -0.404 e. The van der Waals surface area contributed by atoms with Gasteiger partial charge in [-0.05, 0) is 36.1 Å². The van der Waals surface area contributed by atoms with Crippen molar-refractivity contribution in [2.45, 2.75) is 24.8 Å². The number of hydrogen-bond donors (Lipinski definition) is 3. The number of anilines is 1. The third-order valence-corrected chi connectivity index (χ3v) is 4.21. The summed E-state index contributed by atoms with van der Waals surface area (Å²) in [6.07, 6.45) is -3.57. The predicted molar refractivity (Wildman–Crippen MR) is 91.9 cm³/mol. The third kappa shape index (κ3) is 4.08. The number of benzene rings is 2. The molecule has 0 bridgehead atoms. The summed E-state index contributed by atoms with van der Waals surface area (Å²) < 4.78 is 41.3. The number of guanidine groups is 1. The Morgan fingerprint density at radius 3 is 2.65 bits per heavy atom. The zero-order valence-electron chi connectivity index (χ0n) is 13.8. The number of nitrogens with two attached hydrogens (primary N) is 1. The smallest absolute Gasteiger partial charge is 0.404 e. The van der Waals surface area contributed by atoms with Crippen molar-refractivity contribution in [3.63, 3.8) is 0 Å². The Bertz CT molecular complexity index is 823. The van der Waals surface area contributed by atoms with Crippen LogP contribution in [0.4, 0.5) is 18.9 Å². The number of hydrogen-bond acceptors (Lipinski definition) is 3. The van der Waals surface area contributed by atoms with Gasteiger partial charge in [0.2, 0.25) is 0 Å². The standard InChI is InChI=1S/C18H18F3N3O2/c19-18(20,21)26-15-8-4-3-7-14(15)24-16(22)23-11-17(25)10-9-12-5-1-2-6-13(12)17/h1-8,25H,9-11H2,(H3,22,23,24). The highest BCUT2D eigenvalue weighted by Crippen LogP contribution is 2.37. The summed E-state index contributed by atoms with van der Waals surface area (Å²) in [6.45, 7) is 0.00510. The first kappa shape index (κ1) is 18.1. The van der Waals surface area contributed by atoms with Gasteiger partial charge in [0.25, 0.3) is 0 Å². The van der Waals surface area contributed by atoms with E-state index in [1.165, 1.54) is 18.2 Å². The number of alkyl halides is 3. The Labute approximate surface area is 148 Å². The van der Waals surface area contributed by atoms with Crippen molar-refractivity contribution >= 4 is 11.6 Å². The van der Waals surface area contributed by atoms with Gasteiger partial charge in [-0.15, -0.1) is 13.2 Å². The van der Waals surface area contributed by atoms with E-state index in [4.69, 9.17) is 5.73 Å². The van der Waals surface area contributed by atoms with Crippen LogP contribution in [0.15, 0.2) is 53.5 Å². The Kier molecular flexibility index (Phi) is 4.78. The van der Waals surface area contributed by atoms with Crippen LogP contribution in [0, 0.1) is 0 Å². The molecule has 1 aliphatic rings. The number of ether oxygens (including phenoxy) is 1. The first-order chi connectivity index (χ1) is 12.3. The van der Waals surface area contributed by atoms with E-state index in [2.05, 4.69) is 15.0 Å². The first-order valence-electron chi connectivity index (χ1n) is 7.99. The molecule has 0 saturated heterocycles. The summed E-state index contributed by atoms with van der Waals surface area (Å²) in [4.78, 5) is 4.11. The number of halogens is 3. The molecule has 4 N–H and O–H groups in total. The lowest BCUT2D eigenvalue weighted by atomic mass is 9.96. The monoisotopic (exact) mass is 365 g/mol. The maximum atomic E-state index is 12.5. The number of nitrogens with one attached hydrogen (secondary N) is 1. The summed E-state index contributed by atoms with van der Waals surface area (Å²) in [5.74, 6) is -0.524. The molecular weight excluding hydrogens is 347 g/mol. The van der Waals surface area contributed by atoms with Gasteiger partial charge in [-0.3, -0.25) is 0 Å². The second-order valence-corrected chi connectivity index (χ2v) is 6.06. The van der Waals surface area contributed by atoms with Gasteiger partial charge < -0.3 is 20.9 Å². The summed E-state index contributed by atoms with van der Waals surface area (Å²) in [5, 5.41) is 13.4. The van der Waals surface area contributed by atoms with E-state index in [1.54, 1.807) is 6.07 Å². The molecule has 138 valence electrons. The number of fused-ring (bicyclic) bond motifs is 1. The minimum absolute atomic E-state index is 0.00510. The molecule has 0 aromatic heterocycles. The minimum atomic E-state index is -4.81. The third-order valence-electron chi connectivity index (χ3n) is 4.21.